The quantitative estimate of drug-likeness (QED) is 0.0378. The number of nitro benzene ring substituents is 1. The molecule has 2 aromatic heterocycles. The lowest BCUT2D eigenvalue weighted by Gasteiger charge is -2.13. The van der Waals surface area contributed by atoms with Crippen molar-refractivity contribution < 1.29 is 19.3 Å². The molecule has 9 heteroatoms. The maximum atomic E-state index is 14.1. The lowest BCUT2D eigenvalue weighted by Crippen LogP contribution is -2.37. The summed E-state index contributed by atoms with van der Waals surface area (Å²) in [4.78, 5) is 56.6. The van der Waals surface area contributed by atoms with Crippen molar-refractivity contribution in [2.75, 3.05) is 0 Å². The molecule has 3 amide bonds. The fourth-order valence-electron chi connectivity index (χ4n) is 6.68. The van der Waals surface area contributed by atoms with E-state index < -0.39 is 22.6 Å². The number of unbranched alkanes of at least 4 members (excludes halogenated alkanes) is 11. The first kappa shape index (κ1) is 34.5. The number of amides is 3. The summed E-state index contributed by atoms with van der Waals surface area (Å²) in [6, 6.07) is 11.9. The largest absolute Gasteiger partial charge is 0.361 e. The van der Waals surface area contributed by atoms with E-state index in [1.807, 2.05) is 24.3 Å². The molecule has 4 aromatic rings. The van der Waals surface area contributed by atoms with Gasteiger partial charge >= 0.3 is 0 Å². The number of aromatic nitrogens is 2. The van der Waals surface area contributed by atoms with Crippen molar-refractivity contribution in [3.63, 3.8) is 0 Å². The molecular formula is C39H46N4O5. The van der Waals surface area contributed by atoms with Crippen molar-refractivity contribution in [1.29, 1.82) is 0 Å². The molecule has 3 heterocycles. The minimum Gasteiger partial charge on any atom is -0.361 e. The predicted octanol–water partition coefficient (Wildman–Crippen LogP) is 9.41. The maximum Gasteiger partial charge on any atom is 0.271 e. The summed E-state index contributed by atoms with van der Waals surface area (Å²) in [7, 11) is 1.73. The normalized spacial score (nSPS) is 13.7. The molecule has 0 bridgehead atoms. The molecule has 1 N–H and O–H groups in total. The highest BCUT2D eigenvalue weighted by molar-refractivity contribution is 6.53. The Kier molecular flexibility index (Phi) is 11.8. The van der Waals surface area contributed by atoms with Crippen molar-refractivity contribution in [1.82, 2.24) is 14.5 Å². The van der Waals surface area contributed by atoms with Gasteiger partial charge in [0.2, 0.25) is 5.91 Å². The number of imide groups is 3. The highest BCUT2D eigenvalue weighted by Crippen LogP contribution is 2.42. The van der Waals surface area contributed by atoms with Crippen molar-refractivity contribution >= 4 is 56.4 Å². The van der Waals surface area contributed by atoms with E-state index in [1.54, 1.807) is 30.1 Å². The molecule has 0 saturated carbocycles. The second kappa shape index (κ2) is 16.4. The minimum absolute atomic E-state index is 0.0772. The van der Waals surface area contributed by atoms with E-state index in [2.05, 4.69) is 24.1 Å². The van der Waals surface area contributed by atoms with E-state index in [0.29, 0.717) is 28.5 Å². The van der Waals surface area contributed by atoms with Crippen molar-refractivity contribution in [2.45, 2.75) is 96.8 Å². The van der Waals surface area contributed by atoms with Crippen LogP contribution in [-0.4, -0.2) is 37.1 Å². The van der Waals surface area contributed by atoms with Gasteiger partial charge in [-0.25, -0.2) is 4.90 Å². The number of carbonyl (C=O) groups is 3. The summed E-state index contributed by atoms with van der Waals surface area (Å²) in [6.07, 6.45) is 22.8. The number of nitro groups is 1. The zero-order valence-corrected chi connectivity index (χ0v) is 28.1. The highest BCUT2D eigenvalue weighted by atomic mass is 16.6. The van der Waals surface area contributed by atoms with Gasteiger partial charge in [-0.1, -0.05) is 88.6 Å². The zero-order valence-electron chi connectivity index (χ0n) is 28.1. The van der Waals surface area contributed by atoms with Crippen LogP contribution in [0.1, 0.15) is 108 Å². The van der Waals surface area contributed by atoms with Crippen molar-refractivity contribution in [2.24, 2.45) is 7.05 Å². The number of allylic oxidation sites excluding steroid dienone is 2. The summed E-state index contributed by atoms with van der Waals surface area (Å²) in [5.74, 6) is -1.81. The average molecular weight is 651 g/mol. The summed E-state index contributed by atoms with van der Waals surface area (Å²) in [5, 5.41) is 12.8. The van der Waals surface area contributed by atoms with Crippen LogP contribution >= 0.6 is 0 Å². The van der Waals surface area contributed by atoms with Crippen molar-refractivity contribution in [3.05, 3.63) is 88.3 Å². The third-order valence-electron chi connectivity index (χ3n) is 9.30. The SMILES string of the molecule is CCCCCCCC/C=C/CCCCCCCC(=O)N1C(=O)C(c2c[nH]c3ccccc23)=C(c2cn(C)c3cc([N+](=O)[O-])ccc23)C1=O. The first-order chi connectivity index (χ1) is 23.3. The molecule has 252 valence electrons. The number of aromatic amines is 1. The lowest BCUT2D eigenvalue weighted by molar-refractivity contribution is -0.384. The number of hydrogen-bond donors (Lipinski definition) is 1. The van der Waals surface area contributed by atoms with Crippen LogP contribution in [0.25, 0.3) is 33.0 Å². The topological polar surface area (TPSA) is 118 Å². The van der Waals surface area contributed by atoms with Crippen LogP contribution in [0.4, 0.5) is 5.69 Å². The molecule has 0 saturated heterocycles. The number of para-hydroxylation sites is 1. The van der Waals surface area contributed by atoms with Gasteiger partial charge in [0.15, 0.2) is 0 Å². The first-order valence-corrected chi connectivity index (χ1v) is 17.4. The Labute approximate surface area is 281 Å². The van der Waals surface area contributed by atoms with Gasteiger partial charge in [-0.05, 0) is 44.2 Å². The Balaban J connectivity index is 1.23. The number of hydrogen-bond acceptors (Lipinski definition) is 5. The van der Waals surface area contributed by atoms with Gasteiger partial charge in [-0.3, -0.25) is 24.5 Å². The van der Waals surface area contributed by atoms with Gasteiger partial charge in [0, 0.05) is 65.4 Å². The van der Waals surface area contributed by atoms with Gasteiger partial charge in [0.1, 0.15) is 0 Å². The van der Waals surface area contributed by atoms with E-state index in [0.717, 1.165) is 54.3 Å². The molecule has 9 nitrogen and oxygen atoms in total. The van der Waals surface area contributed by atoms with Gasteiger partial charge < -0.3 is 9.55 Å². The van der Waals surface area contributed by atoms with Gasteiger partial charge in [0.05, 0.1) is 21.6 Å². The summed E-state index contributed by atoms with van der Waals surface area (Å²) in [6.45, 7) is 2.24. The number of benzene rings is 2. The Bertz CT molecular complexity index is 1860. The van der Waals surface area contributed by atoms with Crippen LogP contribution in [0.5, 0.6) is 0 Å². The van der Waals surface area contributed by atoms with Gasteiger partial charge in [-0.2, -0.15) is 0 Å². The number of fused-ring (bicyclic) bond motifs is 2. The highest BCUT2D eigenvalue weighted by Gasteiger charge is 2.44. The lowest BCUT2D eigenvalue weighted by atomic mass is 9.95. The van der Waals surface area contributed by atoms with E-state index in [4.69, 9.17) is 0 Å². The average Bonchev–Trinajstić information content (AvgIpc) is 3.72. The molecule has 5 rings (SSSR count). The molecule has 1 aliphatic heterocycles. The van der Waals surface area contributed by atoms with Crippen LogP contribution in [0.15, 0.2) is 67.0 Å². The molecule has 0 radical (unpaired) electrons. The second-order valence-electron chi connectivity index (χ2n) is 12.8. The zero-order chi connectivity index (χ0) is 34.0. The number of nitrogens with one attached hydrogen (secondary N) is 1. The van der Waals surface area contributed by atoms with Crippen LogP contribution in [-0.2, 0) is 21.4 Å². The Morgan fingerprint density at radius 1 is 0.812 bits per heavy atom. The van der Waals surface area contributed by atoms with Crippen LogP contribution < -0.4 is 0 Å². The molecule has 0 spiro atoms. The number of H-pyrrole nitrogens is 1. The fraction of sp³-hybridized carbons (Fsp3) is 0.410. The monoisotopic (exact) mass is 650 g/mol. The number of carbonyl (C=O) groups excluding carboxylic acids is 3. The van der Waals surface area contributed by atoms with Crippen LogP contribution in [0, 0.1) is 10.1 Å². The molecule has 0 aliphatic carbocycles. The summed E-state index contributed by atoms with van der Waals surface area (Å²) in [5.41, 5.74) is 2.54. The van der Waals surface area contributed by atoms with E-state index >= 15 is 0 Å². The third kappa shape index (κ3) is 7.67. The first-order valence-electron chi connectivity index (χ1n) is 17.4. The number of nitrogens with zero attached hydrogens (tertiary/aromatic N) is 3. The van der Waals surface area contributed by atoms with E-state index in [1.165, 1.54) is 50.7 Å². The number of rotatable bonds is 18. The summed E-state index contributed by atoms with van der Waals surface area (Å²) < 4.78 is 1.70. The van der Waals surface area contributed by atoms with Crippen LogP contribution in [0.2, 0.25) is 0 Å². The van der Waals surface area contributed by atoms with Gasteiger partial charge in [-0.15, -0.1) is 0 Å². The minimum atomic E-state index is -0.663. The molecule has 2 aromatic carbocycles. The van der Waals surface area contributed by atoms with E-state index in [9.17, 15) is 24.5 Å². The molecule has 0 unspecified atom stereocenters. The van der Waals surface area contributed by atoms with Crippen molar-refractivity contribution in [3.8, 4) is 0 Å². The van der Waals surface area contributed by atoms with Crippen LogP contribution in [0.3, 0.4) is 0 Å². The maximum absolute atomic E-state index is 14.1. The Hall–Kier alpha value is -4.79. The molecule has 0 atom stereocenters. The summed E-state index contributed by atoms with van der Waals surface area (Å²) >= 11 is 0. The van der Waals surface area contributed by atoms with E-state index in [-0.39, 0.29) is 23.3 Å². The number of non-ortho nitro benzene ring substituents is 1. The van der Waals surface area contributed by atoms with Gasteiger partial charge in [0.25, 0.3) is 17.5 Å². The molecular weight excluding hydrogens is 604 g/mol. The third-order valence-corrected chi connectivity index (χ3v) is 9.30. The Morgan fingerprint density at radius 3 is 2.12 bits per heavy atom. The molecule has 1 aliphatic rings. The Morgan fingerprint density at radius 2 is 1.44 bits per heavy atom. The fourth-order valence-corrected chi connectivity index (χ4v) is 6.68. The smallest absolute Gasteiger partial charge is 0.271 e. The molecule has 48 heavy (non-hydrogen) atoms. The number of aryl methyl sites for hydroxylation is 1. The second-order valence-corrected chi connectivity index (χ2v) is 12.8. The predicted molar refractivity (Wildman–Crippen MR) is 191 cm³/mol. The standard InChI is InChI=1S/C39H46N4O5/c1-3-4-5-6-7-8-9-10-11-12-13-14-15-16-17-22-35(44)42-38(45)36(31-26-40-33-21-19-18-20-29(31)33)37(39(42)46)32-27-41(2)34-25-28(43(47)48)23-24-30(32)34/h10-11,18-21,23-27,40H,3-9,12-17,22H2,1-2H3/b11-10+. The molecule has 0 fully saturated rings.